The molecular formula is C27H24N4O7S. The average molecular weight is 549 g/mol. The van der Waals surface area contributed by atoms with E-state index in [1.807, 2.05) is 36.4 Å². The van der Waals surface area contributed by atoms with Crippen molar-refractivity contribution in [1.82, 2.24) is 4.98 Å². The number of ether oxygens (including phenoxy) is 3. The van der Waals surface area contributed by atoms with Gasteiger partial charge in [0.05, 0.1) is 36.8 Å². The molecule has 0 aliphatic carbocycles. The maximum atomic E-state index is 11.9. The van der Waals surface area contributed by atoms with Crippen LogP contribution in [0.1, 0.15) is 5.56 Å². The lowest BCUT2D eigenvalue weighted by Gasteiger charge is -2.10. The lowest BCUT2D eigenvalue weighted by Crippen LogP contribution is -2.20. The molecule has 1 heterocycles. The van der Waals surface area contributed by atoms with Gasteiger partial charge in [-0.05, 0) is 48.0 Å². The second-order valence-corrected chi connectivity index (χ2v) is 9.11. The van der Waals surface area contributed by atoms with Gasteiger partial charge in [-0.25, -0.2) is 9.78 Å². The van der Waals surface area contributed by atoms with Crippen molar-refractivity contribution in [2.75, 3.05) is 21.3 Å². The van der Waals surface area contributed by atoms with Crippen molar-refractivity contribution in [2.24, 2.45) is 10.2 Å². The van der Waals surface area contributed by atoms with E-state index < -0.39 is 16.9 Å². The SMILES string of the molecule is COc1ccc(-c2nc(N=NC(Cc3ccccc3[N+](=O)[O-])C(=O)O)sc2-c2ccc(OC)c(OC)c2)cc1. The maximum Gasteiger partial charge on any atom is 0.330 e. The number of rotatable bonds is 11. The molecular weight excluding hydrogens is 524 g/mol. The summed E-state index contributed by atoms with van der Waals surface area (Å²) in [6, 6.07) is 17.4. The number of carbonyl (C=O) groups is 1. The smallest absolute Gasteiger partial charge is 0.330 e. The van der Waals surface area contributed by atoms with Crippen LogP contribution >= 0.6 is 11.3 Å². The van der Waals surface area contributed by atoms with Crippen LogP contribution in [0.25, 0.3) is 21.7 Å². The fourth-order valence-corrected chi connectivity index (χ4v) is 4.75. The van der Waals surface area contributed by atoms with E-state index in [9.17, 15) is 20.0 Å². The largest absolute Gasteiger partial charge is 0.497 e. The normalized spacial score (nSPS) is 11.8. The molecule has 4 aromatic rings. The minimum Gasteiger partial charge on any atom is -0.497 e. The maximum absolute atomic E-state index is 11.9. The van der Waals surface area contributed by atoms with Gasteiger partial charge in [0.1, 0.15) is 5.75 Å². The summed E-state index contributed by atoms with van der Waals surface area (Å²) in [6.45, 7) is 0. The number of aliphatic carboxylic acids is 1. The van der Waals surface area contributed by atoms with E-state index in [4.69, 9.17) is 14.2 Å². The molecule has 200 valence electrons. The van der Waals surface area contributed by atoms with Crippen molar-refractivity contribution in [1.29, 1.82) is 0 Å². The molecule has 0 amide bonds. The van der Waals surface area contributed by atoms with Gasteiger partial charge in [0, 0.05) is 23.6 Å². The Morgan fingerprint density at radius 1 is 1.00 bits per heavy atom. The van der Waals surface area contributed by atoms with Crippen molar-refractivity contribution in [3.8, 4) is 38.9 Å². The Balaban J connectivity index is 1.74. The van der Waals surface area contributed by atoms with Crippen molar-refractivity contribution in [3.05, 3.63) is 82.4 Å². The minimum absolute atomic E-state index is 0.175. The zero-order chi connectivity index (χ0) is 27.9. The van der Waals surface area contributed by atoms with Crippen LogP contribution in [-0.2, 0) is 11.2 Å². The third-order valence-electron chi connectivity index (χ3n) is 5.79. The topological polar surface area (TPSA) is 146 Å². The molecule has 0 radical (unpaired) electrons. The van der Waals surface area contributed by atoms with Gasteiger partial charge in [-0.15, -0.1) is 5.11 Å². The fourth-order valence-electron chi connectivity index (χ4n) is 3.84. The summed E-state index contributed by atoms with van der Waals surface area (Å²) in [5.41, 5.74) is 2.25. The number of carboxylic acids is 1. The number of hydrogen-bond donors (Lipinski definition) is 1. The number of carboxylic acid groups (broad SMARTS) is 1. The lowest BCUT2D eigenvalue weighted by molar-refractivity contribution is -0.385. The number of aromatic nitrogens is 1. The number of nitro groups is 1. The monoisotopic (exact) mass is 548 g/mol. The van der Waals surface area contributed by atoms with Crippen molar-refractivity contribution < 1.29 is 29.0 Å². The van der Waals surface area contributed by atoms with E-state index in [1.54, 1.807) is 33.5 Å². The van der Waals surface area contributed by atoms with E-state index in [0.717, 1.165) is 16.0 Å². The summed E-state index contributed by atoms with van der Waals surface area (Å²) < 4.78 is 16.1. The molecule has 1 aromatic heterocycles. The molecule has 12 heteroatoms. The lowest BCUT2D eigenvalue weighted by atomic mass is 10.0. The van der Waals surface area contributed by atoms with Crippen LogP contribution in [0.4, 0.5) is 10.8 Å². The molecule has 3 aromatic carbocycles. The predicted octanol–water partition coefficient (Wildman–Crippen LogP) is 6.19. The summed E-state index contributed by atoms with van der Waals surface area (Å²) in [5.74, 6) is 0.517. The zero-order valence-electron chi connectivity index (χ0n) is 21.2. The van der Waals surface area contributed by atoms with Crippen LogP contribution in [-0.4, -0.2) is 48.4 Å². The summed E-state index contributed by atoms with van der Waals surface area (Å²) >= 11 is 1.22. The summed E-state index contributed by atoms with van der Waals surface area (Å²) in [5, 5.41) is 29.5. The molecule has 0 aliphatic rings. The number of hydrogen-bond acceptors (Lipinski definition) is 10. The van der Waals surface area contributed by atoms with Crippen LogP contribution in [0.5, 0.6) is 17.2 Å². The highest BCUT2D eigenvalue weighted by Crippen LogP contribution is 2.43. The molecule has 0 saturated carbocycles. The van der Waals surface area contributed by atoms with Gasteiger partial charge in [-0.1, -0.05) is 29.5 Å². The van der Waals surface area contributed by atoms with Crippen molar-refractivity contribution in [2.45, 2.75) is 12.5 Å². The molecule has 1 N–H and O–H groups in total. The Morgan fingerprint density at radius 2 is 1.69 bits per heavy atom. The second-order valence-electron chi connectivity index (χ2n) is 8.13. The first-order chi connectivity index (χ1) is 18.8. The van der Waals surface area contributed by atoms with Gasteiger partial charge in [-0.2, -0.15) is 5.11 Å². The Hall–Kier alpha value is -4.84. The molecule has 0 bridgehead atoms. The standard InChI is InChI=1S/C27H24N4O7S/c1-36-19-11-8-16(9-12-19)24-25(18-10-13-22(37-2)23(15-18)38-3)39-27(28-24)30-29-20(26(32)33)14-17-6-4-5-7-21(17)31(34)35/h4-13,15,20H,14H2,1-3H3,(H,32,33). The zero-order valence-corrected chi connectivity index (χ0v) is 22.0. The highest BCUT2D eigenvalue weighted by Gasteiger charge is 2.23. The molecule has 0 spiro atoms. The number of thiazole rings is 1. The van der Waals surface area contributed by atoms with Crippen LogP contribution in [0, 0.1) is 10.1 Å². The van der Waals surface area contributed by atoms with Crippen molar-refractivity contribution in [3.63, 3.8) is 0 Å². The molecule has 4 rings (SSSR count). The van der Waals surface area contributed by atoms with E-state index in [2.05, 4.69) is 15.2 Å². The Bertz CT molecular complexity index is 1520. The minimum atomic E-state index is -1.34. The first-order valence-corrected chi connectivity index (χ1v) is 12.4. The number of benzene rings is 3. The third-order valence-corrected chi connectivity index (χ3v) is 6.78. The molecule has 11 nitrogen and oxygen atoms in total. The molecule has 1 atom stereocenters. The molecule has 0 aliphatic heterocycles. The van der Waals surface area contributed by atoms with E-state index >= 15 is 0 Å². The Kier molecular flexibility index (Phi) is 8.46. The van der Waals surface area contributed by atoms with Gasteiger partial charge in [0.2, 0.25) is 5.13 Å². The van der Waals surface area contributed by atoms with Gasteiger partial charge in [-0.3, -0.25) is 10.1 Å². The third kappa shape index (κ3) is 6.18. The number of para-hydroxylation sites is 1. The number of methoxy groups -OCH3 is 3. The first kappa shape index (κ1) is 27.2. The number of nitrogens with zero attached hydrogens (tertiary/aromatic N) is 4. The summed E-state index contributed by atoms with van der Waals surface area (Å²) in [7, 11) is 4.67. The van der Waals surface area contributed by atoms with Crippen LogP contribution in [0.15, 0.2) is 77.0 Å². The van der Waals surface area contributed by atoms with Gasteiger partial charge < -0.3 is 19.3 Å². The van der Waals surface area contributed by atoms with Crippen LogP contribution < -0.4 is 14.2 Å². The number of nitro benzene ring substituents is 1. The van der Waals surface area contributed by atoms with Gasteiger partial charge in [0.25, 0.3) is 5.69 Å². The second kappa shape index (κ2) is 12.1. The Morgan fingerprint density at radius 3 is 2.33 bits per heavy atom. The summed E-state index contributed by atoms with van der Waals surface area (Å²) in [6.07, 6.45) is -0.199. The molecule has 1 unspecified atom stereocenters. The average Bonchev–Trinajstić information content (AvgIpc) is 3.39. The highest BCUT2D eigenvalue weighted by molar-refractivity contribution is 7.19. The first-order valence-electron chi connectivity index (χ1n) is 11.6. The Labute approximate surface area is 227 Å². The van der Waals surface area contributed by atoms with Crippen LogP contribution in [0.2, 0.25) is 0 Å². The highest BCUT2D eigenvalue weighted by atomic mass is 32.1. The van der Waals surface area contributed by atoms with Crippen LogP contribution in [0.3, 0.4) is 0 Å². The van der Waals surface area contributed by atoms with E-state index in [1.165, 1.54) is 29.5 Å². The van der Waals surface area contributed by atoms with Crippen molar-refractivity contribution >= 4 is 28.1 Å². The molecule has 0 saturated heterocycles. The van der Waals surface area contributed by atoms with E-state index in [-0.39, 0.29) is 22.8 Å². The molecule has 0 fully saturated rings. The predicted molar refractivity (Wildman–Crippen MR) is 145 cm³/mol. The van der Waals surface area contributed by atoms with Gasteiger partial charge in [0.15, 0.2) is 17.5 Å². The van der Waals surface area contributed by atoms with Gasteiger partial charge >= 0.3 is 5.97 Å². The quantitative estimate of drug-likeness (QED) is 0.133. The summed E-state index contributed by atoms with van der Waals surface area (Å²) in [4.78, 5) is 28.1. The fraction of sp³-hybridized carbons (Fsp3) is 0.185. The number of azo groups is 1. The van der Waals surface area contributed by atoms with E-state index in [0.29, 0.717) is 22.9 Å². The molecule has 39 heavy (non-hydrogen) atoms.